The molecule has 0 aliphatic heterocycles. The number of aryl methyl sites for hydroxylation is 1. The molecular weight excluding hydrogens is 556 g/mol. The predicted molar refractivity (Wildman–Crippen MR) is 161 cm³/mol. The van der Waals surface area contributed by atoms with Gasteiger partial charge in [-0.05, 0) is 115 Å². The van der Waals surface area contributed by atoms with E-state index in [9.17, 15) is 21.4 Å². The van der Waals surface area contributed by atoms with Crippen molar-refractivity contribution in [3.8, 4) is 5.75 Å². The topological polar surface area (TPSA) is 97.7 Å². The first-order valence-corrected chi connectivity index (χ1v) is 18.1. The second-order valence-electron chi connectivity index (χ2n) is 12.3. The summed E-state index contributed by atoms with van der Waals surface area (Å²) in [6, 6.07) is 11.6. The number of hydrogen-bond donors (Lipinski definition) is 1. The summed E-state index contributed by atoms with van der Waals surface area (Å²) in [7, 11) is -8.73. The summed E-state index contributed by atoms with van der Waals surface area (Å²) in [5.41, 5.74) is 3.26. The van der Waals surface area contributed by atoms with Crippen molar-refractivity contribution in [1.82, 2.24) is 0 Å². The Morgan fingerprint density at radius 1 is 0.756 bits per heavy atom. The van der Waals surface area contributed by atoms with E-state index in [-0.39, 0.29) is 22.5 Å². The molecular formula is C33H40O6S2. The molecule has 6 nitrogen and oxygen atoms in total. The van der Waals surface area contributed by atoms with Gasteiger partial charge in [-0.25, -0.2) is 0 Å². The Labute approximate surface area is 244 Å². The van der Waals surface area contributed by atoms with Crippen molar-refractivity contribution in [1.29, 1.82) is 0 Å². The van der Waals surface area contributed by atoms with Crippen molar-refractivity contribution in [3.05, 3.63) is 64.2 Å². The predicted octanol–water partition coefficient (Wildman–Crippen LogP) is 8.14. The molecule has 41 heavy (non-hydrogen) atoms. The molecule has 220 valence electrons. The molecule has 1 N–H and O–H groups in total. The fourth-order valence-corrected chi connectivity index (χ4v) is 10.1. The highest BCUT2D eigenvalue weighted by atomic mass is 32.2. The van der Waals surface area contributed by atoms with Crippen LogP contribution in [0.5, 0.6) is 5.75 Å². The molecule has 0 heterocycles. The van der Waals surface area contributed by atoms with Crippen molar-refractivity contribution in [3.63, 3.8) is 0 Å². The number of rotatable bonds is 6. The number of benzene rings is 3. The van der Waals surface area contributed by atoms with Gasteiger partial charge < -0.3 is 4.18 Å². The van der Waals surface area contributed by atoms with Gasteiger partial charge in [0.05, 0.1) is 4.90 Å². The Kier molecular flexibility index (Phi) is 7.94. The Morgan fingerprint density at radius 3 is 2.02 bits per heavy atom. The first kappa shape index (κ1) is 28.7. The maximum atomic E-state index is 14.7. The Bertz CT molecular complexity index is 1680. The standard InChI is InChI=1S/C33H40O6S2/c1-22-20-30(40(34,35)36)27-18-10-11-19-28(27)32(22)39-41(37,38)33-29(23-12-4-2-5-13-23)21-25-16-8-9-17-26(25)31(33)24-14-6-3-7-15-24/h8-9,16-17,20-21,23-24H,2-7,10-15,18-19H2,1H3,(H,34,35,36). The molecule has 0 aromatic heterocycles. The minimum atomic E-state index is -4.45. The average Bonchev–Trinajstić information content (AvgIpc) is 2.97. The van der Waals surface area contributed by atoms with Gasteiger partial charge in [0.2, 0.25) is 0 Å². The SMILES string of the molecule is Cc1cc(S(=O)(=O)O)c2c(c1OS(=O)(=O)c1c(C3CCCCC3)cc3ccccc3c1C1CCCCC1)CCCC2. The second-order valence-corrected chi connectivity index (χ2v) is 15.2. The summed E-state index contributed by atoms with van der Waals surface area (Å²) in [5.74, 6) is 0.521. The van der Waals surface area contributed by atoms with Gasteiger partial charge in [-0.15, -0.1) is 0 Å². The van der Waals surface area contributed by atoms with Crippen LogP contribution in [0.1, 0.15) is 117 Å². The van der Waals surface area contributed by atoms with Crippen LogP contribution in [0.2, 0.25) is 0 Å². The first-order chi connectivity index (χ1) is 19.6. The van der Waals surface area contributed by atoms with Crippen molar-refractivity contribution >= 4 is 31.0 Å². The van der Waals surface area contributed by atoms with E-state index in [2.05, 4.69) is 18.2 Å². The Hall–Kier alpha value is -2.42. The molecule has 3 aliphatic carbocycles. The van der Waals surface area contributed by atoms with E-state index in [0.29, 0.717) is 34.4 Å². The fraction of sp³-hybridized carbons (Fsp3) is 0.515. The summed E-state index contributed by atoms with van der Waals surface area (Å²) in [4.78, 5) is 0.212. The average molecular weight is 597 g/mol. The molecule has 2 fully saturated rings. The molecule has 3 aliphatic rings. The highest BCUT2D eigenvalue weighted by Crippen LogP contribution is 2.47. The second kappa shape index (κ2) is 11.3. The minimum absolute atomic E-state index is 0.133. The van der Waals surface area contributed by atoms with Crippen LogP contribution in [0, 0.1) is 6.92 Å². The van der Waals surface area contributed by atoms with Crippen LogP contribution in [0.25, 0.3) is 10.8 Å². The van der Waals surface area contributed by atoms with Gasteiger partial charge in [-0.1, -0.05) is 62.8 Å². The molecule has 3 aromatic carbocycles. The lowest BCUT2D eigenvalue weighted by Crippen LogP contribution is -2.22. The van der Waals surface area contributed by atoms with Gasteiger partial charge in [0.25, 0.3) is 10.1 Å². The molecule has 0 bridgehead atoms. The van der Waals surface area contributed by atoms with E-state index in [0.717, 1.165) is 86.1 Å². The smallest absolute Gasteiger partial charge is 0.339 e. The largest absolute Gasteiger partial charge is 0.378 e. The van der Waals surface area contributed by atoms with Crippen LogP contribution >= 0.6 is 0 Å². The normalized spacial score (nSPS) is 19.3. The van der Waals surface area contributed by atoms with Crippen molar-refractivity contribution in [2.24, 2.45) is 0 Å². The van der Waals surface area contributed by atoms with E-state index in [1.54, 1.807) is 6.92 Å². The van der Waals surface area contributed by atoms with Gasteiger partial charge >= 0.3 is 10.1 Å². The fourth-order valence-electron chi connectivity index (χ4n) is 7.68. The third kappa shape index (κ3) is 5.55. The van der Waals surface area contributed by atoms with Crippen LogP contribution in [0.4, 0.5) is 0 Å². The van der Waals surface area contributed by atoms with Crippen LogP contribution in [-0.2, 0) is 33.1 Å². The Morgan fingerprint density at radius 2 is 1.37 bits per heavy atom. The third-order valence-electron chi connectivity index (χ3n) is 9.59. The molecule has 0 unspecified atom stereocenters. The van der Waals surface area contributed by atoms with Gasteiger partial charge in [-0.3, -0.25) is 4.55 Å². The summed E-state index contributed by atoms with van der Waals surface area (Å²) in [6.07, 6.45) is 13.0. The van der Waals surface area contributed by atoms with Gasteiger partial charge in [-0.2, -0.15) is 16.8 Å². The number of hydrogen-bond acceptors (Lipinski definition) is 5. The molecule has 0 spiro atoms. The van der Waals surface area contributed by atoms with Crippen LogP contribution in [0.15, 0.2) is 46.2 Å². The van der Waals surface area contributed by atoms with Gasteiger partial charge in [0.1, 0.15) is 10.6 Å². The lowest BCUT2D eigenvalue weighted by atomic mass is 9.78. The van der Waals surface area contributed by atoms with E-state index >= 15 is 0 Å². The maximum absolute atomic E-state index is 14.7. The third-order valence-corrected chi connectivity index (χ3v) is 11.9. The molecule has 0 radical (unpaired) electrons. The van der Waals surface area contributed by atoms with Crippen LogP contribution < -0.4 is 4.18 Å². The monoisotopic (exact) mass is 596 g/mol. The zero-order chi connectivity index (χ0) is 28.8. The lowest BCUT2D eigenvalue weighted by molar-refractivity contribution is 0.421. The number of fused-ring (bicyclic) bond motifs is 2. The highest BCUT2D eigenvalue weighted by Gasteiger charge is 2.36. The zero-order valence-corrected chi connectivity index (χ0v) is 25.5. The van der Waals surface area contributed by atoms with E-state index in [1.165, 1.54) is 18.9 Å². The molecule has 0 saturated heterocycles. The summed E-state index contributed by atoms with van der Waals surface area (Å²) >= 11 is 0. The molecule has 6 rings (SSSR count). The Balaban J connectivity index is 1.58. The zero-order valence-electron chi connectivity index (χ0n) is 23.8. The van der Waals surface area contributed by atoms with Crippen LogP contribution in [-0.4, -0.2) is 21.4 Å². The minimum Gasteiger partial charge on any atom is -0.378 e. The first-order valence-electron chi connectivity index (χ1n) is 15.3. The van der Waals surface area contributed by atoms with E-state index in [4.69, 9.17) is 4.18 Å². The van der Waals surface area contributed by atoms with Crippen molar-refractivity contribution < 1.29 is 25.6 Å². The molecule has 3 aromatic rings. The molecule has 0 amide bonds. The summed E-state index contributed by atoms with van der Waals surface area (Å²) in [5, 5.41) is 2.07. The molecule has 0 atom stereocenters. The van der Waals surface area contributed by atoms with Crippen LogP contribution in [0.3, 0.4) is 0 Å². The maximum Gasteiger partial charge on any atom is 0.339 e. The van der Waals surface area contributed by atoms with Crippen molar-refractivity contribution in [2.75, 3.05) is 0 Å². The van der Waals surface area contributed by atoms with Crippen molar-refractivity contribution in [2.45, 2.75) is 118 Å². The lowest BCUT2D eigenvalue weighted by Gasteiger charge is -2.31. The van der Waals surface area contributed by atoms with E-state index in [1.807, 2.05) is 12.1 Å². The van der Waals surface area contributed by atoms with Gasteiger partial charge in [0, 0.05) is 5.56 Å². The highest BCUT2D eigenvalue weighted by molar-refractivity contribution is 7.87. The van der Waals surface area contributed by atoms with E-state index < -0.39 is 20.2 Å². The quantitative estimate of drug-likeness (QED) is 0.228. The molecule has 8 heteroatoms. The molecule has 2 saturated carbocycles. The summed E-state index contributed by atoms with van der Waals surface area (Å²) < 4.78 is 70.0. The summed E-state index contributed by atoms with van der Waals surface area (Å²) in [6.45, 7) is 1.67. The van der Waals surface area contributed by atoms with Gasteiger partial charge in [0.15, 0.2) is 0 Å².